The van der Waals surface area contributed by atoms with E-state index in [1.165, 1.54) is 32.8 Å². The average molecular weight is 296 g/mol. The van der Waals surface area contributed by atoms with Gasteiger partial charge in [-0.2, -0.15) is 0 Å². The molecule has 0 radical (unpaired) electrons. The first-order chi connectivity index (χ1) is 10.0. The molecule has 0 saturated heterocycles. The Balaban J connectivity index is 2.18. The van der Waals surface area contributed by atoms with Gasteiger partial charge in [0, 0.05) is 18.6 Å². The molecule has 0 spiro atoms. The van der Waals surface area contributed by atoms with E-state index in [2.05, 4.69) is 31.0 Å². The van der Waals surface area contributed by atoms with Gasteiger partial charge in [0.05, 0.1) is 7.11 Å². The normalized spacial score (nSPS) is 22.8. The van der Waals surface area contributed by atoms with Gasteiger partial charge in [-0.25, -0.2) is 4.79 Å². The molecular formula is C17H32N2O2. The Morgan fingerprint density at radius 2 is 1.90 bits per heavy atom. The van der Waals surface area contributed by atoms with Crippen LogP contribution in [0.5, 0.6) is 0 Å². The molecule has 1 unspecified atom stereocenters. The fourth-order valence-corrected chi connectivity index (χ4v) is 3.94. The minimum absolute atomic E-state index is 0.0739. The Bertz CT molecular complexity index is 349. The first-order valence-corrected chi connectivity index (χ1v) is 8.63. The summed E-state index contributed by atoms with van der Waals surface area (Å²) >= 11 is 0. The highest BCUT2D eigenvalue weighted by molar-refractivity contribution is 5.82. The number of carbonyl (C=O) groups excluding carboxylic acids is 1. The summed E-state index contributed by atoms with van der Waals surface area (Å²) in [5.41, 5.74) is -0.512. The molecule has 0 bridgehead atoms. The predicted octanol–water partition coefficient (Wildman–Crippen LogP) is 2.57. The third-order valence-electron chi connectivity index (χ3n) is 5.07. The smallest absolute Gasteiger partial charge is 0.327 e. The van der Waals surface area contributed by atoms with E-state index < -0.39 is 5.54 Å². The molecule has 4 heteroatoms. The molecule has 1 atom stereocenters. The van der Waals surface area contributed by atoms with E-state index in [1.807, 2.05) is 0 Å². The number of nitrogens with one attached hydrogen (secondary N) is 1. The zero-order valence-electron chi connectivity index (χ0n) is 14.2. The highest BCUT2D eigenvalue weighted by atomic mass is 16.5. The van der Waals surface area contributed by atoms with Crippen LogP contribution in [0, 0.1) is 5.92 Å². The van der Waals surface area contributed by atoms with Crippen LogP contribution in [-0.4, -0.2) is 48.7 Å². The Kier molecular flexibility index (Phi) is 5.67. The molecule has 0 aromatic carbocycles. The second kappa shape index (κ2) is 7.10. The topological polar surface area (TPSA) is 41.6 Å². The summed E-state index contributed by atoms with van der Waals surface area (Å²) in [7, 11) is 1.52. The molecular weight excluding hydrogens is 264 g/mol. The van der Waals surface area contributed by atoms with Crippen LogP contribution >= 0.6 is 0 Å². The largest absolute Gasteiger partial charge is 0.468 e. The van der Waals surface area contributed by atoms with Gasteiger partial charge in [0.1, 0.15) is 5.54 Å². The van der Waals surface area contributed by atoms with E-state index in [0.717, 1.165) is 25.9 Å². The van der Waals surface area contributed by atoms with Crippen LogP contribution in [0.15, 0.2) is 0 Å². The molecule has 1 N–H and O–H groups in total. The van der Waals surface area contributed by atoms with Gasteiger partial charge in [-0.1, -0.05) is 19.8 Å². The first-order valence-electron chi connectivity index (χ1n) is 8.63. The van der Waals surface area contributed by atoms with Crippen LogP contribution in [0.4, 0.5) is 0 Å². The van der Waals surface area contributed by atoms with Gasteiger partial charge in [0.2, 0.25) is 0 Å². The summed E-state index contributed by atoms with van der Waals surface area (Å²) in [4.78, 5) is 15.1. The molecule has 2 fully saturated rings. The maximum Gasteiger partial charge on any atom is 0.327 e. The van der Waals surface area contributed by atoms with Crippen LogP contribution in [0.2, 0.25) is 0 Å². The van der Waals surface area contributed by atoms with Crippen LogP contribution in [0.3, 0.4) is 0 Å². The van der Waals surface area contributed by atoms with Crippen molar-refractivity contribution in [3.63, 3.8) is 0 Å². The number of hydrogen-bond acceptors (Lipinski definition) is 4. The van der Waals surface area contributed by atoms with Crippen molar-refractivity contribution in [3.05, 3.63) is 0 Å². The molecule has 2 aliphatic carbocycles. The highest BCUT2D eigenvalue weighted by Crippen LogP contribution is 2.42. The second-order valence-electron chi connectivity index (χ2n) is 7.04. The number of methoxy groups -OCH3 is 1. The number of rotatable bonds is 8. The monoisotopic (exact) mass is 296 g/mol. The van der Waals surface area contributed by atoms with E-state index in [4.69, 9.17) is 4.74 Å². The van der Waals surface area contributed by atoms with Gasteiger partial charge in [0.15, 0.2) is 0 Å². The molecule has 0 aromatic rings. The van der Waals surface area contributed by atoms with E-state index in [1.54, 1.807) is 0 Å². The van der Waals surface area contributed by atoms with Crippen molar-refractivity contribution in [3.8, 4) is 0 Å². The van der Waals surface area contributed by atoms with Gasteiger partial charge in [-0.05, 0) is 52.0 Å². The summed E-state index contributed by atoms with van der Waals surface area (Å²) in [6, 6.07) is 0.929. The fourth-order valence-electron chi connectivity index (χ4n) is 3.94. The van der Waals surface area contributed by atoms with Gasteiger partial charge >= 0.3 is 5.97 Å². The van der Waals surface area contributed by atoms with Crippen molar-refractivity contribution in [2.75, 3.05) is 20.2 Å². The third-order valence-corrected chi connectivity index (χ3v) is 5.07. The number of likely N-dealkylation sites (N-methyl/N-ethyl adjacent to an activating group) is 1. The Morgan fingerprint density at radius 1 is 1.29 bits per heavy atom. The summed E-state index contributed by atoms with van der Waals surface area (Å²) < 4.78 is 5.20. The third kappa shape index (κ3) is 3.78. The van der Waals surface area contributed by atoms with E-state index >= 15 is 0 Å². The average Bonchev–Trinajstić information content (AvgIpc) is 3.18. The molecule has 21 heavy (non-hydrogen) atoms. The van der Waals surface area contributed by atoms with E-state index in [0.29, 0.717) is 12.0 Å². The van der Waals surface area contributed by atoms with E-state index in [-0.39, 0.29) is 12.0 Å². The van der Waals surface area contributed by atoms with Crippen LogP contribution in [0.1, 0.15) is 59.3 Å². The van der Waals surface area contributed by atoms with Gasteiger partial charge in [0.25, 0.3) is 0 Å². The summed E-state index contributed by atoms with van der Waals surface area (Å²) in [5, 5.41) is 3.58. The minimum atomic E-state index is -0.512. The number of hydrogen-bond donors (Lipinski definition) is 1. The number of esters is 1. The summed E-state index contributed by atoms with van der Waals surface area (Å²) in [6.45, 7) is 8.25. The maximum absolute atomic E-state index is 12.6. The number of carbonyl (C=O) groups is 1. The number of ether oxygens (including phenoxy) is 1. The van der Waals surface area contributed by atoms with Gasteiger partial charge in [-0.15, -0.1) is 0 Å². The first kappa shape index (κ1) is 16.8. The molecule has 2 rings (SSSR count). The van der Waals surface area contributed by atoms with Crippen molar-refractivity contribution in [1.29, 1.82) is 0 Å². The van der Waals surface area contributed by atoms with Crippen molar-refractivity contribution < 1.29 is 9.53 Å². The predicted molar refractivity (Wildman–Crippen MR) is 85.2 cm³/mol. The number of nitrogens with zero attached hydrogens (tertiary/aromatic N) is 1. The Labute approximate surface area is 129 Å². The molecule has 122 valence electrons. The van der Waals surface area contributed by atoms with Crippen molar-refractivity contribution >= 4 is 5.97 Å². The standard InChI is InChI=1S/C17H32N2O2/c1-5-19(15-8-6-7-9-15)12-17(14-10-11-14,16(20)21-4)18-13(2)3/h13-15,18H,5-12H2,1-4H3. The highest BCUT2D eigenvalue weighted by Gasteiger charge is 2.53. The molecule has 0 aromatic heterocycles. The summed E-state index contributed by atoms with van der Waals surface area (Å²) in [6.07, 6.45) is 7.48. The lowest BCUT2D eigenvalue weighted by Crippen LogP contribution is -2.63. The van der Waals surface area contributed by atoms with E-state index in [9.17, 15) is 4.79 Å². The molecule has 0 aliphatic heterocycles. The lowest BCUT2D eigenvalue weighted by atomic mass is 9.90. The van der Waals surface area contributed by atoms with Crippen molar-refractivity contribution in [2.24, 2.45) is 5.92 Å². The van der Waals surface area contributed by atoms with Crippen molar-refractivity contribution in [1.82, 2.24) is 10.2 Å². The Morgan fingerprint density at radius 3 is 2.33 bits per heavy atom. The molecule has 2 saturated carbocycles. The fraction of sp³-hybridized carbons (Fsp3) is 0.941. The Hall–Kier alpha value is -0.610. The molecule has 0 amide bonds. The van der Waals surface area contributed by atoms with Crippen LogP contribution in [-0.2, 0) is 9.53 Å². The SMILES string of the molecule is CCN(CC(NC(C)C)(C(=O)OC)C1CC1)C1CCCC1. The minimum Gasteiger partial charge on any atom is -0.468 e. The van der Waals surface area contributed by atoms with Gasteiger partial charge in [-0.3, -0.25) is 10.2 Å². The van der Waals surface area contributed by atoms with Gasteiger partial charge < -0.3 is 4.74 Å². The zero-order chi connectivity index (χ0) is 15.5. The maximum atomic E-state index is 12.6. The zero-order valence-corrected chi connectivity index (χ0v) is 14.2. The van der Waals surface area contributed by atoms with Crippen molar-refractivity contribution in [2.45, 2.75) is 76.9 Å². The van der Waals surface area contributed by atoms with Crippen LogP contribution in [0.25, 0.3) is 0 Å². The quantitative estimate of drug-likeness (QED) is 0.699. The molecule has 0 heterocycles. The lowest BCUT2D eigenvalue weighted by Gasteiger charge is -2.40. The van der Waals surface area contributed by atoms with Crippen LogP contribution < -0.4 is 5.32 Å². The lowest BCUT2D eigenvalue weighted by molar-refractivity contribution is -0.151. The molecule has 4 nitrogen and oxygen atoms in total. The summed E-state index contributed by atoms with van der Waals surface area (Å²) in [5.74, 6) is 0.359. The molecule has 2 aliphatic rings. The second-order valence-corrected chi connectivity index (χ2v) is 7.04.